The van der Waals surface area contributed by atoms with Crippen molar-refractivity contribution < 1.29 is 9.13 Å². The van der Waals surface area contributed by atoms with Crippen LogP contribution in [-0.2, 0) is 0 Å². The van der Waals surface area contributed by atoms with E-state index in [-0.39, 0.29) is 5.56 Å². The summed E-state index contributed by atoms with van der Waals surface area (Å²) in [5.41, 5.74) is 1.41. The molecule has 3 heteroatoms. The molecule has 0 aliphatic heterocycles. The van der Waals surface area contributed by atoms with Crippen LogP contribution in [0.4, 0.5) is 4.39 Å². The van der Waals surface area contributed by atoms with Crippen LogP contribution in [0.1, 0.15) is 55.7 Å². The maximum absolute atomic E-state index is 13.5. The number of halogens is 1. The molecule has 2 aromatic rings. The molecule has 0 saturated carbocycles. The summed E-state index contributed by atoms with van der Waals surface area (Å²) in [6, 6.07) is 13.7. The predicted octanol–water partition coefficient (Wildman–Crippen LogP) is 5.45. The number of ether oxygens (including phenoxy) is 1. The molecule has 0 unspecified atom stereocenters. The second kappa shape index (κ2) is 10.2. The fourth-order valence-corrected chi connectivity index (χ4v) is 2.36. The minimum absolute atomic E-state index is 0.0294. The smallest absolute Gasteiger partial charge is 0.142 e. The van der Waals surface area contributed by atoms with Crippen molar-refractivity contribution in [3.8, 4) is 23.7 Å². The Kier molecular flexibility index (Phi) is 7.54. The van der Waals surface area contributed by atoms with Crippen LogP contribution in [-0.4, -0.2) is 6.61 Å². The monoisotopic (exact) mass is 335 g/mol. The topological polar surface area (TPSA) is 33.0 Å². The van der Waals surface area contributed by atoms with Gasteiger partial charge in [-0.2, -0.15) is 5.26 Å². The summed E-state index contributed by atoms with van der Waals surface area (Å²) in [5.74, 6) is 6.19. The summed E-state index contributed by atoms with van der Waals surface area (Å²) in [5, 5.41) is 8.72. The molecule has 25 heavy (non-hydrogen) atoms. The van der Waals surface area contributed by atoms with E-state index in [0.29, 0.717) is 5.56 Å². The van der Waals surface area contributed by atoms with Gasteiger partial charge in [-0.15, -0.1) is 0 Å². The second-order valence-electron chi connectivity index (χ2n) is 5.84. The Morgan fingerprint density at radius 3 is 2.28 bits per heavy atom. The Balaban J connectivity index is 1.86. The van der Waals surface area contributed by atoms with Gasteiger partial charge in [0, 0.05) is 11.1 Å². The van der Waals surface area contributed by atoms with Crippen LogP contribution in [0.15, 0.2) is 42.5 Å². The lowest BCUT2D eigenvalue weighted by atomic mass is 10.1. The third-order valence-corrected chi connectivity index (χ3v) is 3.81. The zero-order chi connectivity index (χ0) is 17.9. The van der Waals surface area contributed by atoms with Crippen LogP contribution in [0.2, 0.25) is 0 Å². The van der Waals surface area contributed by atoms with Crippen LogP contribution in [0.3, 0.4) is 0 Å². The second-order valence-corrected chi connectivity index (χ2v) is 5.84. The molecule has 0 saturated heterocycles. The van der Waals surface area contributed by atoms with Crippen LogP contribution in [0.5, 0.6) is 5.75 Å². The minimum Gasteiger partial charge on any atom is -0.494 e. The van der Waals surface area contributed by atoms with Crippen LogP contribution in [0.25, 0.3) is 0 Å². The zero-order valence-corrected chi connectivity index (χ0v) is 14.5. The zero-order valence-electron chi connectivity index (χ0n) is 14.5. The highest BCUT2D eigenvalue weighted by molar-refractivity contribution is 5.46. The highest BCUT2D eigenvalue weighted by Gasteiger charge is 2.00. The lowest BCUT2D eigenvalue weighted by molar-refractivity contribution is 0.304. The number of hydrogen-bond donors (Lipinski definition) is 0. The summed E-state index contributed by atoms with van der Waals surface area (Å²) >= 11 is 0. The van der Waals surface area contributed by atoms with Gasteiger partial charge in [0.2, 0.25) is 0 Å². The lowest BCUT2D eigenvalue weighted by Crippen LogP contribution is -1.97. The Hall–Kier alpha value is -2.78. The first kappa shape index (κ1) is 18.6. The fourth-order valence-electron chi connectivity index (χ4n) is 2.36. The number of nitriles is 1. The van der Waals surface area contributed by atoms with E-state index >= 15 is 0 Å². The SMILES string of the molecule is CCCCCCCOc1ccc(C#Cc2ccc(C#N)c(F)c2)cc1. The minimum atomic E-state index is -0.544. The standard InChI is InChI=1S/C22H22FNO/c1-2-3-4-5-6-15-25-21-13-10-18(11-14-21)7-8-19-9-12-20(17-24)22(23)16-19/h9-14,16H,2-6,15H2,1H3. The first-order valence-electron chi connectivity index (χ1n) is 8.67. The highest BCUT2D eigenvalue weighted by Crippen LogP contribution is 2.13. The maximum atomic E-state index is 13.5. The molecule has 0 radical (unpaired) electrons. The Morgan fingerprint density at radius 1 is 0.920 bits per heavy atom. The van der Waals surface area contributed by atoms with Crippen molar-refractivity contribution in [1.82, 2.24) is 0 Å². The Labute approximate surface area is 149 Å². The molecular formula is C22H22FNO. The van der Waals surface area contributed by atoms with Gasteiger partial charge in [0.05, 0.1) is 12.2 Å². The van der Waals surface area contributed by atoms with Crippen molar-refractivity contribution in [3.05, 3.63) is 65.0 Å². The molecular weight excluding hydrogens is 313 g/mol. The van der Waals surface area contributed by atoms with E-state index in [9.17, 15) is 4.39 Å². The molecule has 0 aromatic heterocycles. The van der Waals surface area contributed by atoms with E-state index in [4.69, 9.17) is 10.00 Å². The van der Waals surface area contributed by atoms with E-state index in [1.807, 2.05) is 24.3 Å². The number of hydrogen-bond acceptors (Lipinski definition) is 2. The van der Waals surface area contributed by atoms with E-state index in [1.165, 1.54) is 37.8 Å². The first-order valence-corrected chi connectivity index (χ1v) is 8.67. The molecule has 2 nitrogen and oxygen atoms in total. The summed E-state index contributed by atoms with van der Waals surface area (Å²) in [4.78, 5) is 0. The van der Waals surface area contributed by atoms with E-state index < -0.39 is 5.82 Å². The third kappa shape index (κ3) is 6.32. The summed E-state index contributed by atoms with van der Waals surface area (Å²) < 4.78 is 19.3. The Morgan fingerprint density at radius 2 is 1.60 bits per heavy atom. The average molecular weight is 335 g/mol. The number of unbranched alkanes of at least 4 members (excludes halogenated alkanes) is 4. The molecule has 128 valence electrons. The van der Waals surface area contributed by atoms with Crippen LogP contribution in [0, 0.1) is 29.0 Å². The first-order chi connectivity index (χ1) is 12.2. The van der Waals surface area contributed by atoms with E-state index in [0.717, 1.165) is 24.3 Å². The third-order valence-electron chi connectivity index (χ3n) is 3.81. The number of benzene rings is 2. The van der Waals surface area contributed by atoms with Crippen molar-refractivity contribution in [1.29, 1.82) is 5.26 Å². The van der Waals surface area contributed by atoms with Gasteiger partial charge in [0.15, 0.2) is 0 Å². The van der Waals surface area contributed by atoms with Crippen molar-refractivity contribution in [3.63, 3.8) is 0 Å². The Bertz CT molecular complexity index is 778. The van der Waals surface area contributed by atoms with Gasteiger partial charge in [0.1, 0.15) is 17.6 Å². The van der Waals surface area contributed by atoms with Gasteiger partial charge in [-0.3, -0.25) is 0 Å². The van der Waals surface area contributed by atoms with Gasteiger partial charge >= 0.3 is 0 Å². The molecule has 0 amide bonds. The molecule has 0 spiro atoms. The predicted molar refractivity (Wildman–Crippen MR) is 97.8 cm³/mol. The van der Waals surface area contributed by atoms with Gasteiger partial charge in [-0.25, -0.2) is 4.39 Å². The molecule has 0 N–H and O–H groups in total. The van der Waals surface area contributed by atoms with Gasteiger partial charge in [-0.05, 0) is 48.9 Å². The average Bonchev–Trinajstić information content (AvgIpc) is 2.64. The lowest BCUT2D eigenvalue weighted by Gasteiger charge is -2.05. The largest absolute Gasteiger partial charge is 0.494 e. The number of nitrogens with zero attached hydrogens (tertiary/aromatic N) is 1. The molecule has 0 aliphatic carbocycles. The summed E-state index contributed by atoms with van der Waals surface area (Å²) in [6.07, 6.45) is 6.09. The molecule has 0 aliphatic rings. The fraction of sp³-hybridized carbons (Fsp3) is 0.318. The highest BCUT2D eigenvalue weighted by atomic mass is 19.1. The summed E-state index contributed by atoms with van der Waals surface area (Å²) in [7, 11) is 0. The van der Waals surface area contributed by atoms with Gasteiger partial charge < -0.3 is 4.74 Å². The van der Waals surface area contributed by atoms with Crippen molar-refractivity contribution in [2.45, 2.75) is 39.0 Å². The molecule has 2 rings (SSSR count). The molecule has 0 bridgehead atoms. The van der Waals surface area contributed by atoms with Crippen molar-refractivity contribution >= 4 is 0 Å². The molecule has 2 aromatic carbocycles. The van der Waals surface area contributed by atoms with Crippen LogP contribution >= 0.6 is 0 Å². The van der Waals surface area contributed by atoms with E-state index in [2.05, 4.69) is 18.8 Å². The molecule has 0 atom stereocenters. The normalized spacial score (nSPS) is 9.80. The van der Waals surface area contributed by atoms with Crippen molar-refractivity contribution in [2.75, 3.05) is 6.61 Å². The molecule has 0 fully saturated rings. The van der Waals surface area contributed by atoms with Crippen LogP contribution < -0.4 is 4.74 Å². The molecule has 0 heterocycles. The summed E-state index contributed by atoms with van der Waals surface area (Å²) in [6.45, 7) is 2.94. The van der Waals surface area contributed by atoms with Crippen molar-refractivity contribution in [2.24, 2.45) is 0 Å². The number of rotatable bonds is 7. The van der Waals surface area contributed by atoms with Gasteiger partial charge in [0.25, 0.3) is 0 Å². The maximum Gasteiger partial charge on any atom is 0.142 e. The van der Waals surface area contributed by atoms with Gasteiger partial charge in [-0.1, -0.05) is 44.4 Å². The quantitative estimate of drug-likeness (QED) is 0.498. The van der Waals surface area contributed by atoms with E-state index in [1.54, 1.807) is 12.1 Å².